The average molecular weight is 561 g/mol. The fourth-order valence-electron chi connectivity index (χ4n) is 5.38. The van der Waals surface area contributed by atoms with E-state index in [0.29, 0.717) is 48.9 Å². The highest BCUT2D eigenvalue weighted by Gasteiger charge is 2.33. The number of aryl methyl sites for hydroxylation is 1. The number of thioether (sulfide) groups is 1. The highest BCUT2D eigenvalue weighted by molar-refractivity contribution is 7.99. The molecule has 1 fully saturated rings. The van der Waals surface area contributed by atoms with Crippen LogP contribution in [0.15, 0.2) is 46.6 Å². The fraction of sp³-hybridized carbons (Fsp3) is 0.370. The third-order valence-corrected chi connectivity index (χ3v) is 8.31. The summed E-state index contributed by atoms with van der Waals surface area (Å²) in [7, 11) is 1.59. The first kappa shape index (κ1) is 28.1. The van der Waals surface area contributed by atoms with Gasteiger partial charge >= 0.3 is 5.69 Å². The molecule has 11 heteroatoms. The van der Waals surface area contributed by atoms with Gasteiger partial charge in [0.05, 0.1) is 18.2 Å². The second-order valence-electron chi connectivity index (χ2n) is 9.46. The molecule has 7 nitrogen and oxygen atoms in total. The highest BCUT2D eigenvalue weighted by Crippen LogP contribution is 2.46. The molecule has 202 valence electrons. The number of carbonyl (C=O) groups excluding carboxylic acids is 1. The molecule has 1 aromatic heterocycles. The van der Waals surface area contributed by atoms with E-state index in [4.69, 9.17) is 4.74 Å². The zero-order valence-corrected chi connectivity index (χ0v) is 23.3. The standard InChI is InChI=1S/C27H28F2N4O3S.H2S/c1-5-22(34)31-8-9-32(16(3)12-31)26-20-10-15(2)23(19-7-6-17(28)11-21(19)29)25-24(20)33(27(35)30-26)18(13-36-4)14-37-25;/h5-7,10-11,16,18H,1,8-9,12-14H2,2-4H3;1H2/t16-,18-;/m0./s1. The molecule has 0 spiro atoms. The van der Waals surface area contributed by atoms with Crippen molar-refractivity contribution in [1.29, 1.82) is 0 Å². The number of rotatable bonds is 5. The zero-order valence-electron chi connectivity index (χ0n) is 21.5. The summed E-state index contributed by atoms with van der Waals surface area (Å²) in [5, 5.41) is 0.780. The molecule has 0 N–H and O–H groups in total. The Bertz CT molecular complexity index is 1480. The Hall–Kier alpha value is -2.89. The Balaban J connectivity index is 0.00000336. The summed E-state index contributed by atoms with van der Waals surface area (Å²) in [6.07, 6.45) is 1.31. The lowest BCUT2D eigenvalue weighted by Gasteiger charge is -2.41. The van der Waals surface area contributed by atoms with Crippen LogP contribution in [0.25, 0.3) is 22.0 Å². The predicted octanol–water partition coefficient (Wildman–Crippen LogP) is 4.28. The van der Waals surface area contributed by atoms with Gasteiger partial charge in [0.2, 0.25) is 5.91 Å². The Morgan fingerprint density at radius 1 is 1.29 bits per heavy atom. The summed E-state index contributed by atoms with van der Waals surface area (Å²) >= 11 is 1.54. The summed E-state index contributed by atoms with van der Waals surface area (Å²) in [6.45, 7) is 9.25. The molecule has 0 radical (unpaired) electrons. The van der Waals surface area contributed by atoms with Gasteiger partial charge in [0.25, 0.3) is 0 Å². The van der Waals surface area contributed by atoms with Crippen LogP contribution >= 0.6 is 25.3 Å². The monoisotopic (exact) mass is 560 g/mol. The molecule has 0 unspecified atom stereocenters. The summed E-state index contributed by atoms with van der Waals surface area (Å²) in [4.78, 5) is 34.8. The molecule has 0 saturated carbocycles. The third-order valence-electron chi connectivity index (χ3n) is 7.07. The van der Waals surface area contributed by atoms with Crippen LogP contribution < -0.4 is 10.6 Å². The number of piperazine rings is 1. The molecule has 2 aromatic carbocycles. The number of hydrogen-bond acceptors (Lipinski definition) is 6. The number of aromatic nitrogens is 2. The molecule has 0 bridgehead atoms. The van der Waals surface area contributed by atoms with Crippen molar-refractivity contribution in [2.24, 2.45) is 0 Å². The van der Waals surface area contributed by atoms with E-state index in [1.807, 2.05) is 19.9 Å². The maximum atomic E-state index is 15.0. The van der Waals surface area contributed by atoms with E-state index in [9.17, 15) is 18.4 Å². The first-order chi connectivity index (χ1) is 17.7. The number of carbonyl (C=O) groups is 1. The van der Waals surface area contributed by atoms with Crippen LogP contribution in [0, 0.1) is 18.6 Å². The third kappa shape index (κ3) is 4.71. The first-order valence-corrected chi connectivity index (χ1v) is 13.1. The topological polar surface area (TPSA) is 67.7 Å². The van der Waals surface area contributed by atoms with Crippen molar-refractivity contribution in [1.82, 2.24) is 14.5 Å². The van der Waals surface area contributed by atoms with Crippen molar-refractivity contribution in [3.05, 3.63) is 64.6 Å². The Morgan fingerprint density at radius 3 is 2.71 bits per heavy atom. The Morgan fingerprint density at radius 2 is 2.05 bits per heavy atom. The largest absolute Gasteiger partial charge is 0.383 e. The smallest absolute Gasteiger partial charge is 0.350 e. The van der Waals surface area contributed by atoms with Gasteiger partial charge in [0, 0.05) is 66.0 Å². The lowest BCUT2D eigenvalue weighted by atomic mass is 9.96. The maximum absolute atomic E-state index is 15.0. The van der Waals surface area contributed by atoms with E-state index >= 15 is 0 Å². The van der Waals surface area contributed by atoms with Gasteiger partial charge in [-0.3, -0.25) is 9.36 Å². The number of halogens is 2. The molecular formula is C27H30F2N4O3S2. The molecule has 3 aromatic rings. The van der Waals surface area contributed by atoms with Gasteiger partial charge in [-0.25, -0.2) is 13.6 Å². The van der Waals surface area contributed by atoms with E-state index in [2.05, 4.69) is 16.5 Å². The van der Waals surface area contributed by atoms with Crippen LogP contribution in [0.2, 0.25) is 0 Å². The van der Waals surface area contributed by atoms with E-state index in [1.54, 1.807) is 16.6 Å². The molecule has 1 saturated heterocycles. The van der Waals surface area contributed by atoms with Gasteiger partial charge in [-0.05, 0) is 43.7 Å². The van der Waals surface area contributed by atoms with Gasteiger partial charge in [0.15, 0.2) is 0 Å². The van der Waals surface area contributed by atoms with Crippen LogP contribution in [0.3, 0.4) is 0 Å². The van der Waals surface area contributed by atoms with Crippen LogP contribution in [0.1, 0.15) is 18.5 Å². The first-order valence-electron chi connectivity index (χ1n) is 12.1. The number of methoxy groups -OCH3 is 1. The zero-order chi connectivity index (χ0) is 26.4. The van der Waals surface area contributed by atoms with Gasteiger partial charge < -0.3 is 14.5 Å². The molecule has 5 rings (SSSR count). The molecule has 0 aliphatic carbocycles. The number of nitrogens with zero attached hydrogens (tertiary/aromatic N) is 4. The molecule has 2 aliphatic heterocycles. The Kier molecular flexibility index (Phi) is 8.20. The van der Waals surface area contributed by atoms with Crippen molar-refractivity contribution in [2.75, 3.05) is 44.0 Å². The Labute approximate surface area is 230 Å². The minimum Gasteiger partial charge on any atom is -0.383 e. The molecule has 38 heavy (non-hydrogen) atoms. The maximum Gasteiger partial charge on any atom is 0.350 e. The van der Waals surface area contributed by atoms with E-state index < -0.39 is 17.3 Å². The summed E-state index contributed by atoms with van der Waals surface area (Å²) in [5.41, 5.74) is 2.00. The molecule has 3 heterocycles. The minimum atomic E-state index is -0.655. The second kappa shape index (κ2) is 11.1. The van der Waals surface area contributed by atoms with Crippen molar-refractivity contribution in [3.8, 4) is 11.1 Å². The van der Waals surface area contributed by atoms with Gasteiger partial charge in [-0.15, -0.1) is 11.8 Å². The number of ether oxygens (including phenoxy) is 1. The van der Waals surface area contributed by atoms with Gasteiger partial charge in [-0.1, -0.05) is 6.58 Å². The number of anilines is 1. The van der Waals surface area contributed by atoms with Crippen molar-refractivity contribution >= 4 is 47.9 Å². The molecule has 1 amide bonds. The molecule has 2 atom stereocenters. The van der Waals surface area contributed by atoms with Crippen LogP contribution in [0.5, 0.6) is 0 Å². The summed E-state index contributed by atoms with van der Waals surface area (Å²) < 4.78 is 35.8. The van der Waals surface area contributed by atoms with Crippen LogP contribution in [-0.2, 0) is 9.53 Å². The normalized spacial score (nSPS) is 18.9. The molecular weight excluding hydrogens is 530 g/mol. The van der Waals surface area contributed by atoms with Crippen molar-refractivity contribution < 1.29 is 18.3 Å². The van der Waals surface area contributed by atoms with Crippen molar-refractivity contribution in [3.63, 3.8) is 0 Å². The lowest BCUT2D eigenvalue weighted by Crippen LogP contribution is -2.54. The van der Waals surface area contributed by atoms with E-state index in [-0.39, 0.29) is 37.1 Å². The average Bonchev–Trinajstić information content (AvgIpc) is 2.87. The van der Waals surface area contributed by atoms with Crippen molar-refractivity contribution in [2.45, 2.75) is 30.8 Å². The minimum absolute atomic E-state index is 0. The lowest BCUT2D eigenvalue weighted by molar-refractivity contribution is -0.126. The van der Waals surface area contributed by atoms with Crippen LogP contribution in [-0.4, -0.2) is 65.5 Å². The fourth-order valence-corrected chi connectivity index (χ4v) is 6.75. The number of amides is 1. The van der Waals surface area contributed by atoms with Gasteiger partial charge in [-0.2, -0.15) is 18.5 Å². The highest BCUT2D eigenvalue weighted by atomic mass is 32.2. The summed E-state index contributed by atoms with van der Waals surface area (Å²) in [6, 6.07) is 5.16. The number of hydrogen-bond donors (Lipinski definition) is 0. The van der Waals surface area contributed by atoms with E-state index in [0.717, 1.165) is 21.9 Å². The SMILES string of the molecule is C=CC(=O)N1CCN(c2nc(=O)n3c4c(c(-c5ccc(F)cc5F)c(C)cc24)SC[C@@H]3COC)[C@@H](C)C1.S. The second-order valence-corrected chi connectivity index (χ2v) is 10.5. The van der Waals surface area contributed by atoms with E-state index in [1.165, 1.54) is 30.0 Å². The van der Waals surface area contributed by atoms with Gasteiger partial charge in [0.1, 0.15) is 17.5 Å². The predicted molar refractivity (Wildman–Crippen MR) is 152 cm³/mol. The quantitative estimate of drug-likeness (QED) is 0.434. The number of benzene rings is 2. The summed E-state index contributed by atoms with van der Waals surface area (Å²) in [5.74, 6) is -0.333. The van der Waals surface area contributed by atoms with Crippen LogP contribution in [0.4, 0.5) is 14.6 Å². The molecule has 2 aliphatic rings.